The number of rotatable bonds is 7. The fourth-order valence-corrected chi connectivity index (χ4v) is 5.31. The number of aromatic hydroxyl groups is 2. The smallest absolute Gasteiger partial charge is 0.176 e. The second-order valence-corrected chi connectivity index (χ2v) is 9.69. The monoisotopic (exact) mass is 460 g/mol. The molecule has 0 saturated carbocycles. The number of hydrogen-bond donors (Lipinski definition) is 2. The molecule has 1 aromatic heterocycles. The lowest BCUT2D eigenvalue weighted by atomic mass is 9.79. The van der Waals surface area contributed by atoms with Crippen LogP contribution in [0.3, 0.4) is 0 Å². The van der Waals surface area contributed by atoms with E-state index in [9.17, 15) is 10.2 Å². The van der Waals surface area contributed by atoms with Crippen LogP contribution in [0.2, 0.25) is 0 Å². The van der Waals surface area contributed by atoms with Gasteiger partial charge in [0.1, 0.15) is 12.4 Å². The van der Waals surface area contributed by atoms with E-state index in [2.05, 4.69) is 31.2 Å². The molecule has 0 aliphatic carbocycles. The van der Waals surface area contributed by atoms with Crippen LogP contribution >= 0.6 is 0 Å². The first-order chi connectivity index (χ1) is 16.2. The zero-order valence-corrected chi connectivity index (χ0v) is 21.2. The van der Waals surface area contributed by atoms with Crippen molar-refractivity contribution in [3.63, 3.8) is 0 Å². The Balaban J connectivity index is 1.82. The van der Waals surface area contributed by atoms with E-state index in [4.69, 9.17) is 9.15 Å². The summed E-state index contributed by atoms with van der Waals surface area (Å²) >= 11 is 0. The second kappa shape index (κ2) is 9.25. The Morgan fingerprint density at radius 3 is 2.12 bits per heavy atom. The highest BCUT2D eigenvalue weighted by Gasteiger charge is 2.44. The van der Waals surface area contributed by atoms with Crippen molar-refractivity contribution in [1.29, 1.82) is 0 Å². The van der Waals surface area contributed by atoms with Crippen molar-refractivity contribution in [3.8, 4) is 17.2 Å². The number of fused-ring (bicyclic) bond motifs is 2. The molecule has 0 amide bonds. The lowest BCUT2D eigenvalue weighted by Gasteiger charge is -2.22. The molecule has 4 rings (SSSR count). The number of phenols is 2. The van der Waals surface area contributed by atoms with Crippen LogP contribution < -0.4 is 4.74 Å². The highest BCUT2D eigenvalue weighted by Crippen LogP contribution is 2.52. The molecule has 180 valence electrons. The number of ether oxygens (including phenoxy) is 1. The third-order valence-corrected chi connectivity index (χ3v) is 7.31. The summed E-state index contributed by atoms with van der Waals surface area (Å²) in [5.41, 5.74) is 5.89. The van der Waals surface area contributed by atoms with Crippen molar-refractivity contribution in [2.75, 3.05) is 6.61 Å². The van der Waals surface area contributed by atoms with E-state index in [1.807, 2.05) is 46.8 Å². The number of hydrogen-bond acceptors (Lipinski definition) is 4. The maximum absolute atomic E-state index is 11.1. The largest absolute Gasteiger partial charge is 0.504 e. The normalized spacial score (nSPS) is 17.8. The highest BCUT2D eigenvalue weighted by atomic mass is 16.5. The number of furan rings is 1. The van der Waals surface area contributed by atoms with Gasteiger partial charge in [0.2, 0.25) is 0 Å². The van der Waals surface area contributed by atoms with Crippen molar-refractivity contribution in [1.82, 2.24) is 0 Å². The molecular weight excluding hydrogens is 424 g/mol. The molecule has 4 heteroatoms. The Morgan fingerprint density at radius 1 is 0.912 bits per heavy atom. The third-order valence-electron chi connectivity index (χ3n) is 7.31. The van der Waals surface area contributed by atoms with Crippen LogP contribution in [0, 0.1) is 20.8 Å². The van der Waals surface area contributed by atoms with Crippen LogP contribution in [0.15, 0.2) is 40.9 Å². The predicted molar refractivity (Wildman–Crippen MR) is 138 cm³/mol. The Kier molecular flexibility index (Phi) is 6.53. The van der Waals surface area contributed by atoms with Gasteiger partial charge in [0.05, 0.1) is 5.41 Å². The molecule has 3 aromatic rings. The van der Waals surface area contributed by atoms with E-state index < -0.39 is 5.41 Å². The first-order valence-corrected chi connectivity index (χ1v) is 12.2. The molecule has 2 aromatic carbocycles. The summed E-state index contributed by atoms with van der Waals surface area (Å²) in [5, 5.41) is 23.1. The molecule has 1 aliphatic heterocycles. The van der Waals surface area contributed by atoms with E-state index in [0.717, 1.165) is 70.2 Å². The minimum atomic E-state index is -0.562. The molecule has 2 N–H and O–H groups in total. The van der Waals surface area contributed by atoms with Crippen molar-refractivity contribution >= 4 is 11.0 Å². The second-order valence-electron chi connectivity index (χ2n) is 9.69. The lowest BCUT2D eigenvalue weighted by Crippen LogP contribution is -2.25. The standard InChI is InChI=1S/C30H36O4/c1-7-9-11-13-21-18(3)15-23-20(5)29(34-27(23)25(21)31)30(6)17-33-28-24(30)16-19(4)22(26(28)32)14-12-10-8-2/h7-10,15-16,31-32H,11-14,17H2,1-6H3/t30-/m1/s1. The number of allylic oxidation sites excluding steroid dienone is 4. The fraction of sp³-hybridized carbons (Fsp3) is 0.400. The maximum Gasteiger partial charge on any atom is 0.176 e. The molecule has 0 radical (unpaired) electrons. The lowest BCUT2D eigenvalue weighted by molar-refractivity contribution is 0.272. The summed E-state index contributed by atoms with van der Waals surface area (Å²) in [6.45, 7) is 12.6. The predicted octanol–water partition coefficient (Wildman–Crippen LogP) is 7.49. The summed E-state index contributed by atoms with van der Waals surface area (Å²) in [6, 6.07) is 4.25. The van der Waals surface area contributed by atoms with Crippen LogP contribution in [0.4, 0.5) is 0 Å². The molecule has 34 heavy (non-hydrogen) atoms. The van der Waals surface area contributed by atoms with Gasteiger partial charge in [-0.15, -0.1) is 0 Å². The van der Waals surface area contributed by atoms with Gasteiger partial charge in [-0.1, -0.05) is 30.4 Å². The first-order valence-electron chi connectivity index (χ1n) is 12.2. The molecule has 0 unspecified atom stereocenters. The minimum Gasteiger partial charge on any atom is -0.504 e. The molecule has 4 nitrogen and oxygen atoms in total. The van der Waals surface area contributed by atoms with Gasteiger partial charge in [-0.05, 0) is 90.0 Å². The summed E-state index contributed by atoms with van der Waals surface area (Å²) in [6.07, 6.45) is 11.5. The van der Waals surface area contributed by atoms with E-state index >= 15 is 0 Å². The van der Waals surface area contributed by atoms with E-state index in [-0.39, 0.29) is 11.5 Å². The van der Waals surface area contributed by atoms with Gasteiger partial charge < -0.3 is 19.4 Å². The fourth-order valence-electron chi connectivity index (χ4n) is 5.31. The van der Waals surface area contributed by atoms with Gasteiger partial charge in [-0.2, -0.15) is 0 Å². The van der Waals surface area contributed by atoms with Crippen LogP contribution in [0.5, 0.6) is 17.2 Å². The Hall–Kier alpha value is -3.14. The Labute approximate surface area is 202 Å². The molecule has 0 fully saturated rings. The number of benzene rings is 2. The molecule has 2 heterocycles. The SMILES string of the molecule is CC=CCCc1c(C)cc2c(c1O)OC[C@@]2(C)c1oc2c(O)c(CCC=CC)c(C)cc2c1C. The van der Waals surface area contributed by atoms with E-state index in [1.165, 1.54) is 0 Å². The van der Waals surface area contributed by atoms with Gasteiger partial charge in [-0.25, -0.2) is 0 Å². The molecule has 1 aliphatic rings. The zero-order chi connectivity index (χ0) is 24.6. The Bertz CT molecular complexity index is 1290. The molecule has 0 bridgehead atoms. The summed E-state index contributed by atoms with van der Waals surface area (Å²) < 4.78 is 12.5. The molecule has 1 atom stereocenters. The van der Waals surface area contributed by atoms with Crippen LogP contribution in [0.25, 0.3) is 11.0 Å². The van der Waals surface area contributed by atoms with Gasteiger partial charge in [0, 0.05) is 22.1 Å². The van der Waals surface area contributed by atoms with Gasteiger partial charge in [0.25, 0.3) is 0 Å². The van der Waals surface area contributed by atoms with E-state index in [1.54, 1.807) is 0 Å². The average molecular weight is 461 g/mol. The number of phenolic OH excluding ortho intramolecular Hbond substituents is 2. The van der Waals surface area contributed by atoms with Crippen LogP contribution in [0.1, 0.15) is 72.8 Å². The third kappa shape index (κ3) is 3.79. The average Bonchev–Trinajstić information content (AvgIpc) is 3.31. The van der Waals surface area contributed by atoms with Crippen molar-refractivity contribution in [3.05, 3.63) is 75.6 Å². The van der Waals surface area contributed by atoms with Gasteiger partial charge >= 0.3 is 0 Å². The van der Waals surface area contributed by atoms with Crippen LogP contribution in [-0.2, 0) is 18.3 Å². The first kappa shape index (κ1) is 24.0. The molecule has 0 saturated heterocycles. The molecule has 0 spiro atoms. The zero-order valence-electron chi connectivity index (χ0n) is 21.2. The Morgan fingerprint density at radius 2 is 1.50 bits per heavy atom. The topological polar surface area (TPSA) is 62.8 Å². The summed E-state index contributed by atoms with van der Waals surface area (Å²) in [5.74, 6) is 1.80. The van der Waals surface area contributed by atoms with Gasteiger partial charge in [-0.3, -0.25) is 0 Å². The minimum absolute atomic E-state index is 0.231. The maximum atomic E-state index is 11.1. The quantitative estimate of drug-likeness (QED) is 0.359. The van der Waals surface area contributed by atoms with Crippen LogP contribution in [-0.4, -0.2) is 16.8 Å². The van der Waals surface area contributed by atoms with E-state index in [0.29, 0.717) is 17.9 Å². The van der Waals surface area contributed by atoms with Crippen molar-refractivity contribution in [2.24, 2.45) is 0 Å². The highest BCUT2D eigenvalue weighted by molar-refractivity contribution is 5.89. The molecular formula is C30H36O4. The number of aryl methyl sites for hydroxylation is 3. The summed E-state index contributed by atoms with van der Waals surface area (Å²) in [7, 11) is 0. The van der Waals surface area contributed by atoms with Crippen molar-refractivity contribution in [2.45, 2.75) is 72.6 Å². The van der Waals surface area contributed by atoms with Gasteiger partial charge in [0.15, 0.2) is 22.8 Å². The summed E-state index contributed by atoms with van der Waals surface area (Å²) in [4.78, 5) is 0. The van der Waals surface area contributed by atoms with Crippen molar-refractivity contribution < 1.29 is 19.4 Å².